The largest absolute Gasteiger partial charge is 0.497 e. The Hall–Kier alpha value is -3.48. The first-order chi connectivity index (χ1) is 13.7. The highest BCUT2D eigenvalue weighted by molar-refractivity contribution is 5.94. The van der Waals surface area contributed by atoms with E-state index in [1.165, 1.54) is 0 Å². The predicted octanol–water partition coefficient (Wildman–Crippen LogP) is 3.37. The lowest BCUT2D eigenvalue weighted by molar-refractivity contribution is -0.116. The minimum atomic E-state index is -0.228. The van der Waals surface area contributed by atoms with E-state index in [9.17, 15) is 4.79 Å². The molecule has 0 radical (unpaired) electrons. The van der Waals surface area contributed by atoms with Gasteiger partial charge < -0.3 is 19.5 Å². The van der Waals surface area contributed by atoms with E-state index in [1.807, 2.05) is 47.0 Å². The van der Waals surface area contributed by atoms with Crippen LogP contribution in [0.2, 0.25) is 0 Å². The highest BCUT2D eigenvalue weighted by Crippen LogP contribution is 2.43. The van der Waals surface area contributed by atoms with Crippen LogP contribution in [0.1, 0.15) is 23.6 Å². The number of carbonyl (C=O) groups excluding carboxylic acids is 1. The molecule has 1 unspecified atom stereocenters. The Morgan fingerprint density at radius 3 is 2.50 bits per heavy atom. The zero-order valence-corrected chi connectivity index (χ0v) is 15.9. The van der Waals surface area contributed by atoms with Crippen molar-refractivity contribution in [2.75, 3.05) is 26.6 Å². The van der Waals surface area contributed by atoms with Gasteiger partial charge in [-0.05, 0) is 30.3 Å². The number of para-hydroxylation sites is 1. The summed E-state index contributed by atoms with van der Waals surface area (Å²) in [5.74, 6) is 2.37. The number of hydrogen-bond donors (Lipinski definition) is 1. The number of methoxy groups -OCH3 is 3. The van der Waals surface area contributed by atoms with Crippen LogP contribution in [-0.4, -0.2) is 36.8 Å². The number of nitrogens with one attached hydrogen (secondary N) is 1. The number of anilines is 1. The normalized spacial score (nSPS) is 15.5. The SMILES string of the molecule is COc1ccc(-n2cnc3c2NC(=O)CC3c2cccc(OC)c2OC)cc1. The van der Waals surface area contributed by atoms with E-state index in [2.05, 4.69) is 10.3 Å². The molecule has 4 rings (SSSR count). The monoisotopic (exact) mass is 379 g/mol. The number of aromatic nitrogens is 2. The topological polar surface area (TPSA) is 74.6 Å². The smallest absolute Gasteiger partial charge is 0.226 e. The Labute approximate surface area is 162 Å². The first kappa shape index (κ1) is 17.9. The van der Waals surface area contributed by atoms with Crippen LogP contribution < -0.4 is 19.5 Å². The Morgan fingerprint density at radius 2 is 1.82 bits per heavy atom. The van der Waals surface area contributed by atoms with Gasteiger partial charge in [0.2, 0.25) is 5.91 Å². The summed E-state index contributed by atoms with van der Waals surface area (Å²) in [5.41, 5.74) is 2.55. The molecule has 1 aliphatic rings. The third kappa shape index (κ3) is 2.94. The second-order valence-corrected chi connectivity index (χ2v) is 6.43. The number of rotatable bonds is 5. The molecule has 1 N–H and O–H groups in total. The maximum Gasteiger partial charge on any atom is 0.226 e. The minimum absolute atomic E-state index is 0.0716. The zero-order chi connectivity index (χ0) is 19.7. The van der Waals surface area contributed by atoms with Crippen molar-refractivity contribution in [1.82, 2.24) is 9.55 Å². The van der Waals surface area contributed by atoms with Gasteiger partial charge in [0.05, 0.1) is 27.0 Å². The van der Waals surface area contributed by atoms with Gasteiger partial charge in [0, 0.05) is 23.6 Å². The van der Waals surface area contributed by atoms with E-state index >= 15 is 0 Å². The van der Waals surface area contributed by atoms with E-state index in [4.69, 9.17) is 14.2 Å². The van der Waals surface area contributed by atoms with Gasteiger partial charge in [-0.1, -0.05) is 12.1 Å². The first-order valence-corrected chi connectivity index (χ1v) is 8.88. The van der Waals surface area contributed by atoms with Gasteiger partial charge in [-0.3, -0.25) is 9.36 Å². The molecule has 3 aromatic rings. The number of nitrogens with zero attached hydrogens (tertiary/aromatic N) is 2. The van der Waals surface area contributed by atoms with Crippen LogP contribution in [0.4, 0.5) is 5.82 Å². The third-order valence-electron chi connectivity index (χ3n) is 4.93. The van der Waals surface area contributed by atoms with Crippen molar-refractivity contribution >= 4 is 11.7 Å². The number of amides is 1. The molecule has 0 bridgehead atoms. The molecule has 2 heterocycles. The number of fused-ring (bicyclic) bond motifs is 1. The van der Waals surface area contributed by atoms with Gasteiger partial charge in [-0.2, -0.15) is 0 Å². The van der Waals surface area contributed by atoms with Crippen molar-refractivity contribution in [3.8, 4) is 22.9 Å². The van der Waals surface area contributed by atoms with Crippen LogP contribution in [-0.2, 0) is 4.79 Å². The summed E-state index contributed by atoms with van der Waals surface area (Å²) in [5, 5.41) is 2.96. The van der Waals surface area contributed by atoms with Gasteiger partial charge in [0.1, 0.15) is 17.9 Å². The van der Waals surface area contributed by atoms with Crippen LogP contribution in [0, 0.1) is 0 Å². The summed E-state index contributed by atoms with van der Waals surface area (Å²) in [7, 11) is 4.82. The summed E-state index contributed by atoms with van der Waals surface area (Å²) in [6.07, 6.45) is 2.01. The second kappa shape index (κ2) is 7.26. The minimum Gasteiger partial charge on any atom is -0.497 e. The van der Waals surface area contributed by atoms with E-state index in [0.29, 0.717) is 17.3 Å². The molecular formula is C21H21N3O4. The second-order valence-electron chi connectivity index (χ2n) is 6.43. The quantitative estimate of drug-likeness (QED) is 0.736. The lowest BCUT2D eigenvalue weighted by Gasteiger charge is -2.25. The van der Waals surface area contributed by atoms with Gasteiger partial charge >= 0.3 is 0 Å². The molecule has 2 aromatic carbocycles. The fourth-order valence-electron chi connectivity index (χ4n) is 3.59. The third-order valence-corrected chi connectivity index (χ3v) is 4.93. The summed E-state index contributed by atoms with van der Waals surface area (Å²) in [6, 6.07) is 13.3. The van der Waals surface area contributed by atoms with Crippen molar-refractivity contribution < 1.29 is 19.0 Å². The van der Waals surface area contributed by atoms with Crippen molar-refractivity contribution in [3.05, 3.63) is 60.0 Å². The van der Waals surface area contributed by atoms with Gasteiger partial charge in [-0.25, -0.2) is 4.98 Å². The van der Waals surface area contributed by atoms with Crippen molar-refractivity contribution in [2.24, 2.45) is 0 Å². The highest BCUT2D eigenvalue weighted by atomic mass is 16.5. The van der Waals surface area contributed by atoms with E-state index in [1.54, 1.807) is 27.7 Å². The molecule has 7 nitrogen and oxygen atoms in total. The molecule has 1 aliphatic heterocycles. The molecule has 0 spiro atoms. The lowest BCUT2D eigenvalue weighted by atomic mass is 9.89. The molecule has 0 saturated heterocycles. The number of imidazole rings is 1. The van der Waals surface area contributed by atoms with Crippen LogP contribution >= 0.6 is 0 Å². The average Bonchev–Trinajstić information content (AvgIpc) is 3.16. The molecular weight excluding hydrogens is 358 g/mol. The molecule has 1 aromatic heterocycles. The summed E-state index contributed by atoms with van der Waals surface area (Å²) in [4.78, 5) is 17.1. The summed E-state index contributed by atoms with van der Waals surface area (Å²) < 4.78 is 18.1. The van der Waals surface area contributed by atoms with Gasteiger partial charge in [-0.15, -0.1) is 0 Å². The Balaban J connectivity index is 1.81. The predicted molar refractivity (Wildman–Crippen MR) is 105 cm³/mol. The van der Waals surface area contributed by atoms with Crippen LogP contribution in [0.25, 0.3) is 5.69 Å². The molecule has 0 fully saturated rings. The number of benzene rings is 2. The molecule has 0 saturated carbocycles. The Morgan fingerprint density at radius 1 is 1.04 bits per heavy atom. The number of hydrogen-bond acceptors (Lipinski definition) is 5. The molecule has 0 aliphatic carbocycles. The van der Waals surface area contributed by atoms with E-state index < -0.39 is 0 Å². The van der Waals surface area contributed by atoms with Gasteiger partial charge in [0.15, 0.2) is 11.5 Å². The number of ether oxygens (including phenoxy) is 3. The molecule has 1 amide bonds. The van der Waals surface area contributed by atoms with E-state index in [-0.39, 0.29) is 18.2 Å². The highest BCUT2D eigenvalue weighted by Gasteiger charge is 2.33. The Bertz CT molecular complexity index is 1010. The Kier molecular flexibility index (Phi) is 4.65. The molecule has 1 atom stereocenters. The van der Waals surface area contributed by atoms with Crippen molar-refractivity contribution in [3.63, 3.8) is 0 Å². The van der Waals surface area contributed by atoms with Crippen LogP contribution in [0.15, 0.2) is 48.8 Å². The average molecular weight is 379 g/mol. The van der Waals surface area contributed by atoms with Crippen LogP contribution in [0.3, 0.4) is 0 Å². The molecule has 144 valence electrons. The zero-order valence-electron chi connectivity index (χ0n) is 15.9. The lowest BCUT2D eigenvalue weighted by Crippen LogP contribution is -2.25. The maximum atomic E-state index is 12.5. The van der Waals surface area contributed by atoms with E-state index in [0.717, 1.165) is 22.7 Å². The van der Waals surface area contributed by atoms with Crippen molar-refractivity contribution in [2.45, 2.75) is 12.3 Å². The first-order valence-electron chi connectivity index (χ1n) is 8.88. The van der Waals surface area contributed by atoms with Gasteiger partial charge in [0.25, 0.3) is 0 Å². The summed E-state index contributed by atoms with van der Waals surface area (Å²) >= 11 is 0. The maximum absolute atomic E-state index is 12.5. The molecule has 7 heteroatoms. The summed E-state index contributed by atoms with van der Waals surface area (Å²) in [6.45, 7) is 0. The molecule has 28 heavy (non-hydrogen) atoms. The standard InChI is InChI=1S/C21H21N3O4/c1-26-14-9-7-13(8-10-14)24-12-22-19-16(11-18(25)23-21(19)24)15-5-4-6-17(27-2)20(15)28-3/h4-10,12,16H,11H2,1-3H3,(H,23,25). The van der Waals surface area contributed by atoms with Crippen molar-refractivity contribution in [1.29, 1.82) is 0 Å². The van der Waals surface area contributed by atoms with Crippen LogP contribution in [0.5, 0.6) is 17.2 Å². The number of carbonyl (C=O) groups is 1. The fraction of sp³-hybridized carbons (Fsp3) is 0.238. The fourth-order valence-corrected chi connectivity index (χ4v) is 3.59.